The van der Waals surface area contributed by atoms with Gasteiger partial charge in [0.05, 0.1) is 0 Å². The Bertz CT molecular complexity index is 527. The minimum absolute atomic E-state index is 0.0992. The minimum Gasteiger partial charge on any atom is -0.327 e. The second kappa shape index (κ2) is 6.37. The molecule has 0 bridgehead atoms. The van der Waals surface area contributed by atoms with Gasteiger partial charge in [-0.05, 0) is 42.2 Å². The van der Waals surface area contributed by atoms with Crippen molar-refractivity contribution in [3.63, 3.8) is 0 Å². The van der Waals surface area contributed by atoms with E-state index in [2.05, 4.69) is 28.1 Å². The van der Waals surface area contributed by atoms with Crippen molar-refractivity contribution in [1.82, 2.24) is 0 Å². The van der Waals surface area contributed by atoms with Crippen LogP contribution in [0.1, 0.15) is 11.1 Å². The van der Waals surface area contributed by atoms with E-state index >= 15 is 0 Å². The molecule has 94 valence electrons. The molecule has 0 fully saturated rings. The molecule has 0 spiro atoms. The zero-order valence-corrected chi connectivity index (χ0v) is 12.3. The Morgan fingerprint density at radius 2 is 1.83 bits per heavy atom. The number of hydrogen-bond acceptors (Lipinski definition) is 1. The molecular weight excluding hydrogens is 310 g/mol. The van der Waals surface area contributed by atoms with E-state index in [1.165, 1.54) is 11.1 Å². The van der Waals surface area contributed by atoms with Crippen LogP contribution in [-0.4, -0.2) is 6.04 Å². The standard InChI is InChI=1S/C15H15BrClN/c16-15-7-2-1-5-12(15)10-14(18)9-11-4-3-6-13(17)8-11/h1-8,14H,9-10,18H2. The maximum atomic E-state index is 6.19. The van der Waals surface area contributed by atoms with E-state index in [0.29, 0.717) is 0 Å². The Balaban J connectivity index is 2.01. The van der Waals surface area contributed by atoms with E-state index in [0.717, 1.165) is 22.3 Å². The van der Waals surface area contributed by atoms with Crippen LogP contribution in [0.4, 0.5) is 0 Å². The van der Waals surface area contributed by atoms with Crippen LogP contribution in [-0.2, 0) is 12.8 Å². The van der Waals surface area contributed by atoms with Crippen LogP contribution in [0.25, 0.3) is 0 Å². The molecule has 18 heavy (non-hydrogen) atoms. The molecule has 2 aromatic rings. The van der Waals surface area contributed by atoms with Crippen LogP contribution in [0.3, 0.4) is 0 Å². The highest BCUT2D eigenvalue weighted by molar-refractivity contribution is 9.10. The SMILES string of the molecule is NC(Cc1cccc(Cl)c1)Cc1ccccc1Br. The summed E-state index contributed by atoms with van der Waals surface area (Å²) in [5.41, 5.74) is 8.62. The van der Waals surface area contributed by atoms with E-state index in [9.17, 15) is 0 Å². The molecule has 3 heteroatoms. The maximum Gasteiger partial charge on any atom is 0.0408 e. The lowest BCUT2D eigenvalue weighted by Crippen LogP contribution is -2.25. The lowest BCUT2D eigenvalue weighted by Gasteiger charge is -2.13. The molecule has 0 saturated heterocycles. The first kappa shape index (κ1) is 13.6. The molecule has 0 heterocycles. The van der Waals surface area contributed by atoms with Gasteiger partial charge in [-0.1, -0.05) is 57.9 Å². The molecule has 0 aromatic heterocycles. The van der Waals surface area contributed by atoms with Gasteiger partial charge in [-0.3, -0.25) is 0 Å². The van der Waals surface area contributed by atoms with Crippen molar-refractivity contribution in [3.05, 3.63) is 69.2 Å². The van der Waals surface area contributed by atoms with Gasteiger partial charge >= 0.3 is 0 Å². The van der Waals surface area contributed by atoms with Crippen molar-refractivity contribution in [2.45, 2.75) is 18.9 Å². The van der Waals surface area contributed by atoms with Crippen molar-refractivity contribution in [3.8, 4) is 0 Å². The van der Waals surface area contributed by atoms with E-state index in [1.54, 1.807) is 0 Å². The first-order valence-corrected chi connectivity index (χ1v) is 7.05. The fourth-order valence-corrected chi connectivity index (χ4v) is 2.64. The van der Waals surface area contributed by atoms with Crippen LogP contribution in [0, 0.1) is 0 Å². The molecule has 0 aliphatic carbocycles. The van der Waals surface area contributed by atoms with Gasteiger partial charge in [0.1, 0.15) is 0 Å². The van der Waals surface area contributed by atoms with Crippen molar-refractivity contribution in [1.29, 1.82) is 0 Å². The first-order chi connectivity index (χ1) is 8.65. The Morgan fingerprint density at radius 1 is 1.06 bits per heavy atom. The molecule has 0 aliphatic rings. The van der Waals surface area contributed by atoms with E-state index in [4.69, 9.17) is 17.3 Å². The zero-order chi connectivity index (χ0) is 13.0. The summed E-state index contributed by atoms with van der Waals surface area (Å²) in [6.07, 6.45) is 1.69. The van der Waals surface area contributed by atoms with Crippen molar-refractivity contribution < 1.29 is 0 Å². The molecule has 0 aliphatic heterocycles. The quantitative estimate of drug-likeness (QED) is 0.895. The molecular formula is C15H15BrClN. The molecule has 2 rings (SSSR count). The summed E-state index contributed by atoms with van der Waals surface area (Å²) in [6, 6.07) is 16.2. The molecule has 2 aromatic carbocycles. The topological polar surface area (TPSA) is 26.0 Å². The Kier molecular flexibility index (Phi) is 4.81. The summed E-state index contributed by atoms with van der Waals surface area (Å²) in [6.45, 7) is 0. The number of benzene rings is 2. The second-order valence-corrected chi connectivity index (χ2v) is 5.68. The van der Waals surface area contributed by atoms with Gasteiger partial charge in [0.2, 0.25) is 0 Å². The number of hydrogen-bond donors (Lipinski definition) is 1. The van der Waals surface area contributed by atoms with Crippen LogP contribution >= 0.6 is 27.5 Å². The van der Waals surface area contributed by atoms with Gasteiger partial charge in [-0.15, -0.1) is 0 Å². The summed E-state index contributed by atoms with van der Waals surface area (Å²) < 4.78 is 1.12. The normalized spacial score (nSPS) is 12.4. The molecule has 2 N–H and O–H groups in total. The van der Waals surface area contributed by atoms with Crippen LogP contribution < -0.4 is 5.73 Å². The summed E-state index contributed by atoms with van der Waals surface area (Å²) in [7, 11) is 0. The van der Waals surface area contributed by atoms with Crippen molar-refractivity contribution in [2.75, 3.05) is 0 Å². The van der Waals surface area contributed by atoms with Crippen LogP contribution in [0.2, 0.25) is 5.02 Å². The first-order valence-electron chi connectivity index (χ1n) is 5.88. The van der Waals surface area contributed by atoms with Gasteiger partial charge < -0.3 is 5.73 Å². The fourth-order valence-electron chi connectivity index (χ4n) is 1.99. The number of halogens is 2. The Labute approximate surface area is 121 Å². The molecule has 0 saturated carbocycles. The highest BCUT2D eigenvalue weighted by Gasteiger charge is 2.08. The Hall–Kier alpha value is -0.830. The zero-order valence-electron chi connectivity index (χ0n) is 9.94. The summed E-state index contributed by atoms with van der Waals surface area (Å²) >= 11 is 9.51. The highest BCUT2D eigenvalue weighted by Crippen LogP contribution is 2.19. The Morgan fingerprint density at radius 3 is 2.56 bits per heavy atom. The third-order valence-electron chi connectivity index (χ3n) is 2.83. The molecule has 1 atom stereocenters. The largest absolute Gasteiger partial charge is 0.327 e. The molecule has 0 radical (unpaired) electrons. The predicted molar refractivity (Wildman–Crippen MR) is 81.0 cm³/mol. The molecule has 0 amide bonds. The lowest BCUT2D eigenvalue weighted by atomic mass is 10.00. The van der Waals surface area contributed by atoms with Crippen LogP contribution in [0.5, 0.6) is 0 Å². The van der Waals surface area contributed by atoms with Gasteiger partial charge in [0.15, 0.2) is 0 Å². The van der Waals surface area contributed by atoms with Crippen LogP contribution in [0.15, 0.2) is 53.0 Å². The third-order valence-corrected chi connectivity index (χ3v) is 3.84. The number of rotatable bonds is 4. The average Bonchev–Trinajstić information content (AvgIpc) is 2.32. The average molecular weight is 325 g/mol. The smallest absolute Gasteiger partial charge is 0.0408 e. The third kappa shape index (κ3) is 3.84. The monoisotopic (exact) mass is 323 g/mol. The van der Waals surface area contributed by atoms with Gasteiger partial charge in [0, 0.05) is 15.5 Å². The lowest BCUT2D eigenvalue weighted by molar-refractivity contribution is 0.663. The van der Waals surface area contributed by atoms with E-state index in [-0.39, 0.29) is 6.04 Å². The summed E-state index contributed by atoms with van der Waals surface area (Å²) in [4.78, 5) is 0. The van der Waals surface area contributed by atoms with Crippen molar-refractivity contribution in [2.24, 2.45) is 5.73 Å². The van der Waals surface area contributed by atoms with Gasteiger partial charge in [0.25, 0.3) is 0 Å². The second-order valence-electron chi connectivity index (χ2n) is 4.39. The number of nitrogens with two attached hydrogens (primary N) is 1. The van der Waals surface area contributed by atoms with E-state index in [1.807, 2.05) is 36.4 Å². The van der Waals surface area contributed by atoms with E-state index < -0.39 is 0 Å². The van der Waals surface area contributed by atoms with Crippen molar-refractivity contribution >= 4 is 27.5 Å². The highest BCUT2D eigenvalue weighted by atomic mass is 79.9. The maximum absolute atomic E-state index is 6.19. The fraction of sp³-hybridized carbons (Fsp3) is 0.200. The van der Waals surface area contributed by atoms with Gasteiger partial charge in [-0.2, -0.15) is 0 Å². The molecule has 1 nitrogen and oxygen atoms in total. The van der Waals surface area contributed by atoms with Gasteiger partial charge in [-0.25, -0.2) is 0 Å². The predicted octanol–water partition coefficient (Wildman–Crippen LogP) is 4.22. The molecule has 1 unspecified atom stereocenters. The summed E-state index contributed by atoms with van der Waals surface area (Å²) in [5.74, 6) is 0. The summed E-state index contributed by atoms with van der Waals surface area (Å²) in [5, 5.41) is 0.764. The minimum atomic E-state index is 0.0992.